The Kier molecular flexibility index (Phi) is 2.19. The lowest BCUT2D eigenvalue weighted by Crippen LogP contribution is -2.10. The first-order valence-corrected chi connectivity index (χ1v) is 4.28. The number of nitrogen functional groups attached to an aromatic ring is 1. The van der Waals surface area contributed by atoms with Gasteiger partial charge < -0.3 is 10.2 Å². The normalized spacial score (nSPS) is 10.4. The van der Waals surface area contributed by atoms with Crippen molar-refractivity contribution in [1.82, 2.24) is 14.4 Å². The van der Waals surface area contributed by atoms with Crippen LogP contribution in [0.1, 0.15) is 6.92 Å². The second kappa shape index (κ2) is 3.51. The Bertz CT molecular complexity index is 438. The molecule has 74 valence electrons. The van der Waals surface area contributed by atoms with Gasteiger partial charge in [-0.3, -0.25) is 4.40 Å². The molecule has 0 unspecified atom stereocenters. The fraction of sp³-hybridized carbons (Fsp3) is 0.250. The molecule has 2 aromatic heterocycles. The third-order valence-corrected chi connectivity index (χ3v) is 1.77. The van der Waals surface area contributed by atoms with Gasteiger partial charge in [-0.2, -0.15) is 4.98 Å². The summed E-state index contributed by atoms with van der Waals surface area (Å²) in [5.74, 6) is 6.29. The predicted molar refractivity (Wildman–Crippen MR) is 52.0 cm³/mol. The van der Waals surface area contributed by atoms with Crippen LogP contribution in [-0.2, 0) is 0 Å². The Hall–Kier alpha value is -1.82. The highest BCUT2D eigenvalue weighted by atomic mass is 16.5. The molecule has 0 saturated carbocycles. The largest absolute Gasteiger partial charge is 0.475 e. The number of nitrogens with two attached hydrogens (primary N) is 1. The van der Waals surface area contributed by atoms with Crippen LogP contribution < -0.4 is 16.0 Å². The summed E-state index contributed by atoms with van der Waals surface area (Å²) in [5.41, 5.74) is 3.15. The van der Waals surface area contributed by atoms with Crippen LogP contribution in [0.3, 0.4) is 0 Å². The maximum atomic E-state index is 5.33. The van der Waals surface area contributed by atoms with E-state index in [1.807, 2.05) is 6.92 Å². The van der Waals surface area contributed by atoms with Crippen LogP contribution in [0.5, 0.6) is 5.88 Å². The zero-order valence-corrected chi connectivity index (χ0v) is 7.77. The molecule has 0 aromatic carbocycles. The van der Waals surface area contributed by atoms with Gasteiger partial charge in [0.05, 0.1) is 12.8 Å². The maximum absolute atomic E-state index is 5.33. The number of ether oxygens (including phenoxy) is 1. The van der Waals surface area contributed by atoms with Crippen LogP contribution in [0.2, 0.25) is 0 Å². The summed E-state index contributed by atoms with van der Waals surface area (Å²) >= 11 is 0. The molecule has 0 amide bonds. The Labute approximate surface area is 80.7 Å². The van der Waals surface area contributed by atoms with Crippen molar-refractivity contribution >= 4 is 11.5 Å². The third-order valence-electron chi connectivity index (χ3n) is 1.77. The first-order chi connectivity index (χ1) is 6.85. The summed E-state index contributed by atoms with van der Waals surface area (Å²) in [6.07, 6.45) is 5.23. The number of nitrogens with one attached hydrogen (secondary N) is 1. The average Bonchev–Trinajstić information content (AvgIpc) is 2.66. The van der Waals surface area contributed by atoms with Gasteiger partial charge in [0, 0.05) is 12.4 Å². The van der Waals surface area contributed by atoms with E-state index < -0.39 is 0 Å². The van der Waals surface area contributed by atoms with E-state index in [1.54, 1.807) is 23.0 Å². The van der Waals surface area contributed by atoms with Crippen molar-refractivity contribution in [1.29, 1.82) is 0 Å². The second-order valence-corrected chi connectivity index (χ2v) is 2.67. The molecule has 0 aliphatic carbocycles. The molecule has 0 aliphatic heterocycles. The van der Waals surface area contributed by atoms with Crippen molar-refractivity contribution in [3.05, 3.63) is 18.6 Å². The van der Waals surface area contributed by atoms with E-state index >= 15 is 0 Å². The number of nitrogens with zero attached hydrogens (tertiary/aromatic N) is 3. The zero-order valence-electron chi connectivity index (χ0n) is 7.77. The SMILES string of the molecule is CCOc1nc(NN)cn2ccnc12. The highest BCUT2D eigenvalue weighted by Crippen LogP contribution is 2.17. The molecule has 3 N–H and O–H groups in total. The molecule has 2 rings (SSSR count). The topological polar surface area (TPSA) is 77.5 Å². The molecule has 0 saturated heterocycles. The Morgan fingerprint density at radius 2 is 2.50 bits per heavy atom. The first-order valence-electron chi connectivity index (χ1n) is 4.28. The maximum Gasteiger partial charge on any atom is 0.260 e. The smallest absolute Gasteiger partial charge is 0.260 e. The number of anilines is 1. The third kappa shape index (κ3) is 1.35. The highest BCUT2D eigenvalue weighted by Gasteiger charge is 2.06. The predicted octanol–water partition coefficient (Wildman–Crippen LogP) is 0.414. The van der Waals surface area contributed by atoms with E-state index in [1.165, 1.54) is 0 Å². The van der Waals surface area contributed by atoms with Gasteiger partial charge in [0.25, 0.3) is 5.88 Å². The summed E-state index contributed by atoms with van der Waals surface area (Å²) in [7, 11) is 0. The molecule has 0 spiro atoms. The lowest BCUT2D eigenvalue weighted by molar-refractivity contribution is 0.329. The van der Waals surface area contributed by atoms with Crippen molar-refractivity contribution in [3.8, 4) is 5.88 Å². The summed E-state index contributed by atoms with van der Waals surface area (Å²) in [6, 6.07) is 0. The van der Waals surface area contributed by atoms with E-state index in [-0.39, 0.29) is 0 Å². The quantitative estimate of drug-likeness (QED) is 0.545. The van der Waals surface area contributed by atoms with Gasteiger partial charge in [0.15, 0.2) is 5.82 Å². The average molecular weight is 193 g/mol. The highest BCUT2D eigenvalue weighted by molar-refractivity contribution is 5.53. The van der Waals surface area contributed by atoms with Crippen molar-refractivity contribution in [2.75, 3.05) is 12.0 Å². The van der Waals surface area contributed by atoms with Gasteiger partial charge in [-0.25, -0.2) is 10.8 Å². The van der Waals surface area contributed by atoms with Crippen LogP contribution in [0.4, 0.5) is 5.82 Å². The van der Waals surface area contributed by atoms with Crippen molar-refractivity contribution in [3.63, 3.8) is 0 Å². The van der Waals surface area contributed by atoms with E-state index in [0.29, 0.717) is 24.0 Å². The first kappa shape index (κ1) is 8.76. The van der Waals surface area contributed by atoms with Gasteiger partial charge in [0.2, 0.25) is 5.65 Å². The van der Waals surface area contributed by atoms with Gasteiger partial charge in [-0.15, -0.1) is 0 Å². The molecular formula is C8H11N5O. The number of fused-ring (bicyclic) bond motifs is 1. The fourth-order valence-corrected chi connectivity index (χ4v) is 1.21. The number of aromatic nitrogens is 3. The van der Waals surface area contributed by atoms with Crippen LogP contribution in [0, 0.1) is 0 Å². The Morgan fingerprint density at radius 1 is 1.64 bits per heavy atom. The molecule has 6 nitrogen and oxygen atoms in total. The van der Waals surface area contributed by atoms with E-state index in [0.717, 1.165) is 0 Å². The van der Waals surface area contributed by atoms with Crippen LogP contribution in [0.15, 0.2) is 18.6 Å². The Balaban J connectivity index is 2.58. The molecule has 2 aromatic rings. The molecule has 2 heterocycles. The summed E-state index contributed by atoms with van der Waals surface area (Å²) in [6.45, 7) is 2.44. The number of imidazole rings is 1. The van der Waals surface area contributed by atoms with Gasteiger partial charge >= 0.3 is 0 Å². The lowest BCUT2D eigenvalue weighted by Gasteiger charge is -2.06. The summed E-state index contributed by atoms with van der Waals surface area (Å²) in [4.78, 5) is 8.26. The van der Waals surface area contributed by atoms with Crippen molar-refractivity contribution < 1.29 is 4.74 Å². The van der Waals surface area contributed by atoms with Gasteiger partial charge in [-0.1, -0.05) is 0 Å². The van der Waals surface area contributed by atoms with E-state index in [4.69, 9.17) is 10.6 Å². The van der Waals surface area contributed by atoms with Crippen molar-refractivity contribution in [2.45, 2.75) is 6.92 Å². The minimum absolute atomic E-state index is 0.480. The number of hydrazine groups is 1. The van der Waals surface area contributed by atoms with E-state index in [2.05, 4.69) is 15.4 Å². The number of hydrogen-bond acceptors (Lipinski definition) is 5. The summed E-state index contributed by atoms with van der Waals surface area (Å²) < 4.78 is 7.13. The van der Waals surface area contributed by atoms with Crippen LogP contribution >= 0.6 is 0 Å². The molecular weight excluding hydrogens is 182 g/mol. The van der Waals surface area contributed by atoms with Gasteiger partial charge in [-0.05, 0) is 6.92 Å². The van der Waals surface area contributed by atoms with Gasteiger partial charge in [0.1, 0.15) is 0 Å². The number of hydrogen-bond donors (Lipinski definition) is 2. The molecule has 6 heteroatoms. The Morgan fingerprint density at radius 3 is 3.21 bits per heavy atom. The standard InChI is InChI=1S/C8H11N5O/c1-2-14-8-7-10-3-4-13(7)5-6(11-8)12-9/h3-5,12H,2,9H2,1H3. The van der Waals surface area contributed by atoms with Crippen molar-refractivity contribution in [2.24, 2.45) is 5.84 Å². The fourth-order valence-electron chi connectivity index (χ4n) is 1.21. The minimum Gasteiger partial charge on any atom is -0.475 e. The molecule has 0 bridgehead atoms. The molecule has 0 aliphatic rings. The van der Waals surface area contributed by atoms with Crippen LogP contribution in [-0.4, -0.2) is 21.0 Å². The zero-order chi connectivity index (χ0) is 9.97. The lowest BCUT2D eigenvalue weighted by atomic mass is 10.6. The molecule has 0 fully saturated rings. The van der Waals surface area contributed by atoms with Crippen LogP contribution in [0.25, 0.3) is 5.65 Å². The minimum atomic E-state index is 0.480. The monoisotopic (exact) mass is 193 g/mol. The molecule has 14 heavy (non-hydrogen) atoms. The molecule has 0 radical (unpaired) electrons. The summed E-state index contributed by atoms with van der Waals surface area (Å²) in [5, 5.41) is 0. The number of rotatable bonds is 3. The molecule has 0 atom stereocenters. The second-order valence-electron chi connectivity index (χ2n) is 2.67. The van der Waals surface area contributed by atoms with E-state index in [9.17, 15) is 0 Å².